The van der Waals surface area contributed by atoms with Crippen LogP contribution in [0.3, 0.4) is 0 Å². The lowest BCUT2D eigenvalue weighted by Gasteiger charge is -2.22. The van der Waals surface area contributed by atoms with Crippen LogP contribution in [-0.2, 0) is 14.3 Å². The Hall–Kier alpha value is -2.84. The molecule has 3 amide bonds. The lowest BCUT2D eigenvalue weighted by molar-refractivity contribution is -0.146. The minimum absolute atomic E-state index is 0.164. The summed E-state index contributed by atoms with van der Waals surface area (Å²) < 4.78 is 30.8. The number of nitrogens with one attached hydrogen (secondary N) is 1. The number of halogens is 2. The number of urea groups is 1. The number of hydrogen-bond donors (Lipinski definition) is 1. The Morgan fingerprint density at radius 2 is 1.89 bits per heavy atom. The zero-order valence-corrected chi connectivity index (χ0v) is 15.9. The van der Waals surface area contributed by atoms with Crippen LogP contribution in [0.5, 0.6) is 0 Å². The Labute approximate surface area is 161 Å². The predicted molar refractivity (Wildman–Crippen MR) is 94.4 cm³/mol. The Kier molecular flexibility index (Phi) is 6.48. The molecule has 0 saturated carbocycles. The fourth-order valence-corrected chi connectivity index (χ4v) is 2.71. The molecule has 0 aromatic heterocycles. The molecule has 0 bridgehead atoms. The van der Waals surface area contributed by atoms with E-state index in [0.717, 1.165) is 17.0 Å². The van der Waals surface area contributed by atoms with Crippen molar-refractivity contribution in [2.24, 2.45) is 5.92 Å². The molecule has 2 rings (SSSR count). The van der Waals surface area contributed by atoms with Crippen LogP contribution >= 0.6 is 0 Å². The number of ketones is 1. The number of carbonyl (C=O) groups excluding carboxylic acids is 4. The number of ether oxygens (including phenoxy) is 1. The molecule has 0 unspecified atom stereocenters. The normalized spacial score (nSPS) is 19.1. The first kappa shape index (κ1) is 21.5. The van der Waals surface area contributed by atoms with Crippen LogP contribution in [0.15, 0.2) is 18.2 Å². The number of benzene rings is 1. The van der Waals surface area contributed by atoms with Crippen molar-refractivity contribution in [1.29, 1.82) is 0 Å². The van der Waals surface area contributed by atoms with Gasteiger partial charge in [0.05, 0.1) is 0 Å². The van der Waals surface area contributed by atoms with Gasteiger partial charge in [-0.25, -0.2) is 13.6 Å². The number of Topliss-reactive ketones (excluding diaryl/α,β-unsaturated/α-hetero) is 1. The monoisotopic (exact) mass is 396 g/mol. The third-order valence-corrected chi connectivity index (χ3v) is 4.46. The molecule has 0 aliphatic carbocycles. The van der Waals surface area contributed by atoms with E-state index in [1.165, 1.54) is 0 Å². The number of hydrogen-bond acceptors (Lipinski definition) is 5. The average Bonchev–Trinajstić information content (AvgIpc) is 2.84. The second-order valence-electron chi connectivity index (χ2n) is 7.30. The van der Waals surface area contributed by atoms with Crippen molar-refractivity contribution in [1.82, 2.24) is 10.2 Å². The van der Waals surface area contributed by atoms with Gasteiger partial charge in [0, 0.05) is 5.56 Å². The first-order valence-corrected chi connectivity index (χ1v) is 8.81. The highest BCUT2D eigenvalue weighted by atomic mass is 19.2. The largest absolute Gasteiger partial charge is 0.456 e. The Morgan fingerprint density at radius 3 is 2.50 bits per heavy atom. The van der Waals surface area contributed by atoms with E-state index < -0.39 is 54.0 Å². The summed E-state index contributed by atoms with van der Waals surface area (Å²) in [6.45, 7) is 4.20. The second-order valence-corrected chi connectivity index (χ2v) is 7.30. The highest BCUT2D eigenvalue weighted by Gasteiger charge is 2.48. The van der Waals surface area contributed by atoms with Gasteiger partial charge in [0.2, 0.25) is 0 Å². The zero-order chi connectivity index (χ0) is 21.1. The van der Waals surface area contributed by atoms with Crippen molar-refractivity contribution >= 4 is 23.7 Å². The Bertz CT molecular complexity index is 812. The van der Waals surface area contributed by atoms with Crippen LogP contribution < -0.4 is 5.32 Å². The fourth-order valence-electron chi connectivity index (χ4n) is 2.71. The van der Waals surface area contributed by atoms with E-state index in [0.29, 0.717) is 24.8 Å². The molecular formula is C19H22F2N2O5. The summed E-state index contributed by atoms with van der Waals surface area (Å²) in [5.41, 5.74) is -1.26. The molecule has 1 heterocycles. The maximum Gasteiger partial charge on any atom is 0.326 e. The summed E-state index contributed by atoms with van der Waals surface area (Å²) in [7, 11) is 0. The van der Waals surface area contributed by atoms with Crippen LogP contribution in [0.25, 0.3) is 0 Å². The van der Waals surface area contributed by atoms with Crippen molar-refractivity contribution in [2.45, 2.75) is 39.2 Å². The lowest BCUT2D eigenvalue weighted by atomic mass is 9.92. The van der Waals surface area contributed by atoms with Gasteiger partial charge < -0.3 is 10.1 Å². The molecule has 1 fully saturated rings. The van der Waals surface area contributed by atoms with E-state index >= 15 is 0 Å². The summed E-state index contributed by atoms with van der Waals surface area (Å²) in [5, 5.41) is 2.58. The van der Waals surface area contributed by atoms with Crippen molar-refractivity contribution in [2.75, 3.05) is 13.2 Å². The molecule has 0 radical (unpaired) electrons. The SMILES string of the molecule is CC(C)CC[C@@]1(C)NC(=O)N(CC(=O)OCC(=O)c2ccc(F)c(F)c2)C1=O. The average molecular weight is 396 g/mol. The molecule has 7 nitrogen and oxygen atoms in total. The number of carbonyl (C=O) groups is 4. The predicted octanol–water partition coefficient (Wildman–Crippen LogP) is 2.44. The molecule has 9 heteroatoms. The lowest BCUT2D eigenvalue weighted by Crippen LogP contribution is -2.44. The summed E-state index contributed by atoms with van der Waals surface area (Å²) in [6.07, 6.45) is 1.14. The molecular weight excluding hydrogens is 374 g/mol. The number of rotatable bonds is 8. The van der Waals surface area contributed by atoms with Crippen LogP contribution in [-0.4, -0.2) is 47.3 Å². The molecule has 28 heavy (non-hydrogen) atoms. The van der Waals surface area contributed by atoms with Crippen LogP contribution in [0.4, 0.5) is 13.6 Å². The summed E-state index contributed by atoms with van der Waals surface area (Å²) in [6, 6.07) is 1.84. The maximum absolute atomic E-state index is 13.2. The topological polar surface area (TPSA) is 92.8 Å². The van der Waals surface area contributed by atoms with Crippen molar-refractivity contribution in [3.63, 3.8) is 0 Å². The first-order valence-electron chi connectivity index (χ1n) is 8.81. The van der Waals surface area contributed by atoms with E-state index in [1.807, 2.05) is 13.8 Å². The highest BCUT2D eigenvalue weighted by Crippen LogP contribution is 2.24. The van der Waals surface area contributed by atoms with Gasteiger partial charge in [-0.2, -0.15) is 0 Å². The van der Waals surface area contributed by atoms with Gasteiger partial charge in [0.25, 0.3) is 5.91 Å². The van der Waals surface area contributed by atoms with Gasteiger partial charge >= 0.3 is 12.0 Å². The summed E-state index contributed by atoms with van der Waals surface area (Å²) in [4.78, 5) is 49.1. The highest BCUT2D eigenvalue weighted by molar-refractivity contribution is 6.08. The third kappa shape index (κ3) is 4.90. The number of esters is 1. The molecule has 1 saturated heterocycles. The number of nitrogens with zero attached hydrogens (tertiary/aromatic N) is 1. The quantitative estimate of drug-likeness (QED) is 0.414. The van der Waals surface area contributed by atoms with E-state index in [-0.39, 0.29) is 5.56 Å². The smallest absolute Gasteiger partial charge is 0.326 e. The number of imide groups is 1. The van der Waals surface area contributed by atoms with E-state index in [2.05, 4.69) is 5.32 Å². The van der Waals surface area contributed by atoms with E-state index in [4.69, 9.17) is 4.74 Å². The van der Waals surface area contributed by atoms with Crippen molar-refractivity contribution < 1.29 is 32.7 Å². The van der Waals surface area contributed by atoms with Crippen LogP contribution in [0, 0.1) is 17.6 Å². The molecule has 0 spiro atoms. The Morgan fingerprint density at radius 1 is 1.21 bits per heavy atom. The van der Waals surface area contributed by atoms with Gasteiger partial charge in [-0.1, -0.05) is 13.8 Å². The molecule has 1 aliphatic rings. The molecule has 1 aromatic carbocycles. The standard InChI is InChI=1S/C19H22F2N2O5/c1-11(2)6-7-19(3)17(26)23(18(27)22-19)9-16(25)28-10-15(24)12-4-5-13(20)14(21)8-12/h4-5,8,11H,6-7,9-10H2,1-3H3,(H,22,27)/t19-/m1/s1. The molecule has 1 atom stereocenters. The van der Waals surface area contributed by atoms with Gasteiger partial charge in [-0.3, -0.25) is 19.3 Å². The van der Waals surface area contributed by atoms with E-state index in [1.54, 1.807) is 6.92 Å². The molecule has 152 valence electrons. The molecule has 1 N–H and O–H groups in total. The molecule has 1 aliphatic heterocycles. The maximum atomic E-state index is 13.2. The summed E-state index contributed by atoms with van der Waals surface area (Å²) in [5.74, 6) is -4.21. The Balaban J connectivity index is 1.91. The minimum Gasteiger partial charge on any atom is -0.456 e. The van der Waals surface area contributed by atoms with Gasteiger partial charge in [-0.05, 0) is 43.9 Å². The van der Waals surface area contributed by atoms with Crippen molar-refractivity contribution in [3.8, 4) is 0 Å². The first-order chi connectivity index (χ1) is 13.0. The van der Waals surface area contributed by atoms with Crippen LogP contribution in [0.1, 0.15) is 44.0 Å². The third-order valence-electron chi connectivity index (χ3n) is 4.46. The van der Waals surface area contributed by atoms with Crippen LogP contribution in [0.2, 0.25) is 0 Å². The molecule has 1 aromatic rings. The fraction of sp³-hybridized carbons (Fsp3) is 0.474. The van der Waals surface area contributed by atoms with E-state index in [9.17, 15) is 28.0 Å². The second kappa shape index (κ2) is 8.45. The zero-order valence-electron chi connectivity index (χ0n) is 15.9. The van der Waals surface area contributed by atoms with Gasteiger partial charge in [0.1, 0.15) is 12.1 Å². The van der Waals surface area contributed by atoms with Gasteiger partial charge in [-0.15, -0.1) is 0 Å². The minimum atomic E-state index is -1.20. The van der Waals surface area contributed by atoms with Gasteiger partial charge in [0.15, 0.2) is 24.0 Å². The summed E-state index contributed by atoms with van der Waals surface area (Å²) >= 11 is 0. The number of amides is 3. The van der Waals surface area contributed by atoms with Crippen molar-refractivity contribution in [3.05, 3.63) is 35.4 Å².